The number of nitrogens with one attached hydrogen (secondary N) is 2. The average Bonchev–Trinajstić information content (AvgIpc) is 2.93. The van der Waals surface area contributed by atoms with Gasteiger partial charge in [0.2, 0.25) is 5.91 Å². The van der Waals surface area contributed by atoms with E-state index in [0.717, 1.165) is 5.56 Å². The van der Waals surface area contributed by atoms with Gasteiger partial charge in [0.25, 0.3) is 11.8 Å². The fourth-order valence-electron chi connectivity index (χ4n) is 2.98. The molecule has 0 atom stereocenters. The molecule has 2 aromatic rings. The Morgan fingerprint density at radius 2 is 1.90 bits per heavy atom. The van der Waals surface area contributed by atoms with Gasteiger partial charge in [-0.25, -0.2) is 0 Å². The van der Waals surface area contributed by atoms with Crippen molar-refractivity contribution in [2.45, 2.75) is 0 Å². The molecule has 2 aromatic carbocycles. The highest BCUT2D eigenvalue weighted by Gasteiger charge is 2.31. The van der Waals surface area contributed by atoms with Gasteiger partial charge in [0.15, 0.2) is 0 Å². The first-order valence-corrected chi connectivity index (χ1v) is 9.27. The van der Waals surface area contributed by atoms with Crippen LogP contribution in [0.25, 0.3) is 5.70 Å². The molecule has 0 aromatic heterocycles. The zero-order chi connectivity index (χ0) is 21.0. The second kappa shape index (κ2) is 8.89. The molecule has 1 aliphatic heterocycles. The Morgan fingerprint density at radius 1 is 1.17 bits per heavy atom. The van der Waals surface area contributed by atoms with Gasteiger partial charge in [-0.3, -0.25) is 19.3 Å². The van der Waals surface area contributed by atoms with Gasteiger partial charge in [0.05, 0.1) is 17.2 Å². The third kappa shape index (κ3) is 4.47. The van der Waals surface area contributed by atoms with Crippen LogP contribution in [-0.4, -0.2) is 49.4 Å². The molecule has 7 nitrogen and oxygen atoms in total. The van der Waals surface area contributed by atoms with Crippen LogP contribution in [0.3, 0.4) is 0 Å². The third-order valence-electron chi connectivity index (χ3n) is 4.43. The Kier molecular flexibility index (Phi) is 6.31. The number of amides is 3. The standard InChI is InChI=1S/C21H20ClN3O4/c1-13-15-5-3-4-6-16(15)21(28)25(13)12-19(26)24-14-7-8-17(18(22)11-14)20(27)23-9-10-29-2/h3-8,11H,1,9-10,12H2,2H3,(H,23,27)(H,24,26). The molecule has 0 radical (unpaired) electrons. The maximum Gasteiger partial charge on any atom is 0.259 e. The summed E-state index contributed by atoms with van der Waals surface area (Å²) in [4.78, 5) is 38.3. The number of hydrogen-bond donors (Lipinski definition) is 2. The van der Waals surface area contributed by atoms with Crippen LogP contribution in [0.2, 0.25) is 5.02 Å². The summed E-state index contributed by atoms with van der Waals surface area (Å²) in [5, 5.41) is 5.56. The van der Waals surface area contributed by atoms with Gasteiger partial charge in [0, 0.05) is 36.2 Å². The number of nitrogens with zero attached hydrogens (tertiary/aromatic N) is 1. The minimum absolute atomic E-state index is 0.177. The molecule has 1 aliphatic rings. The number of fused-ring (bicyclic) bond motifs is 1. The van der Waals surface area contributed by atoms with Crippen molar-refractivity contribution in [1.29, 1.82) is 0 Å². The molecule has 3 rings (SSSR count). The maximum absolute atomic E-state index is 12.5. The molecule has 2 N–H and O–H groups in total. The van der Waals surface area contributed by atoms with Gasteiger partial charge < -0.3 is 15.4 Å². The zero-order valence-corrected chi connectivity index (χ0v) is 16.6. The second-order valence-corrected chi connectivity index (χ2v) is 6.78. The number of carbonyl (C=O) groups is 3. The van der Waals surface area contributed by atoms with Gasteiger partial charge in [-0.1, -0.05) is 36.4 Å². The number of benzene rings is 2. The average molecular weight is 414 g/mol. The van der Waals surface area contributed by atoms with Crippen LogP contribution in [0.15, 0.2) is 49.0 Å². The zero-order valence-electron chi connectivity index (χ0n) is 15.8. The molecule has 29 heavy (non-hydrogen) atoms. The van der Waals surface area contributed by atoms with E-state index in [1.165, 1.54) is 17.0 Å². The number of ether oxygens (including phenoxy) is 1. The summed E-state index contributed by atoms with van der Waals surface area (Å²) in [5.41, 5.74) is 2.44. The van der Waals surface area contributed by atoms with Crippen LogP contribution in [0.1, 0.15) is 26.3 Å². The molecule has 8 heteroatoms. The van der Waals surface area contributed by atoms with Crippen molar-refractivity contribution in [2.75, 3.05) is 32.1 Å². The van der Waals surface area contributed by atoms with Gasteiger partial charge >= 0.3 is 0 Å². The van der Waals surface area contributed by atoms with Crippen molar-refractivity contribution in [1.82, 2.24) is 10.2 Å². The van der Waals surface area contributed by atoms with Gasteiger partial charge in [-0.05, 0) is 24.3 Å². The summed E-state index contributed by atoms with van der Waals surface area (Å²) in [6, 6.07) is 11.7. The first kappa shape index (κ1) is 20.6. The van der Waals surface area contributed by atoms with Crippen LogP contribution in [0.4, 0.5) is 5.69 Å². The number of methoxy groups -OCH3 is 1. The Hall–Kier alpha value is -3.16. The number of anilines is 1. The maximum atomic E-state index is 12.5. The Balaban J connectivity index is 1.63. The number of hydrogen-bond acceptors (Lipinski definition) is 4. The molecule has 0 saturated carbocycles. The summed E-state index contributed by atoms with van der Waals surface area (Å²) in [6.45, 7) is 4.49. The van der Waals surface area contributed by atoms with E-state index in [2.05, 4.69) is 17.2 Å². The highest BCUT2D eigenvalue weighted by molar-refractivity contribution is 6.34. The largest absolute Gasteiger partial charge is 0.383 e. The summed E-state index contributed by atoms with van der Waals surface area (Å²) < 4.78 is 4.88. The monoisotopic (exact) mass is 413 g/mol. The van der Waals surface area contributed by atoms with Crippen molar-refractivity contribution < 1.29 is 19.1 Å². The van der Waals surface area contributed by atoms with Crippen LogP contribution in [0.5, 0.6) is 0 Å². The van der Waals surface area contributed by atoms with E-state index in [9.17, 15) is 14.4 Å². The smallest absolute Gasteiger partial charge is 0.259 e. The van der Waals surface area contributed by atoms with Crippen molar-refractivity contribution >= 4 is 40.7 Å². The van der Waals surface area contributed by atoms with Crippen LogP contribution >= 0.6 is 11.6 Å². The van der Waals surface area contributed by atoms with Crippen molar-refractivity contribution in [3.63, 3.8) is 0 Å². The fraction of sp³-hybridized carbons (Fsp3) is 0.190. The molecule has 0 saturated heterocycles. The van der Waals surface area contributed by atoms with Crippen LogP contribution in [0, 0.1) is 0 Å². The minimum Gasteiger partial charge on any atom is -0.383 e. The minimum atomic E-state index is -0.402. The molecule has 0 fully saturated rings. The molecule has 0 aliphatic carbocycles. The summed E-state index contributed by atoms with van der Waals surface area (Å²) >= 11 is 6.18. The summed E-state index contributed by atoms with van der Waals surface area (Å²) in [7, 11) is 1.54. The molecule has 0 unspecified atom stereocenters. The van der Waals surface area contributed by atoms with Crippen molar-refractivity contribution in [3.05, 3.63) is 70.8 Å². The molecular weight excluding hydrogens is 394 g/mol. The second-order valence-electron chi connectivity index (χ2n) is 6.38. The van der Waals surface area contributed by atoms with E-state index in [1.807, 2.05) is 6.07 Å². The number of halogens is 1. The van der Waals surface area contributed by atoms with Gasteiger partial charge in [-0.2, -0.15) is 0 Å². The van der Waals surface area contributed by atoms with Gasteiger partial charge in [0.1, 0.15) is 6.54 Å². The highest BCUT2D eigenvalue weighted by atomic mass is 35.5. The van der Waals surface area contributed by atoms with Gasteiger partial charge in [-0.15, -0.1) is 0 Å². The molecule has 0 bridgehead atoms. The SMILES string of the molecule is C=C1c2ccccc2C(=O)N1CC(=O)Nc1ccc(C(=O)NCCOC)c(Cl)c1. The van der Waals surface area contributed by atoms with Crippen LogP contribution < -0.4 is 10.6 Å². The van der Waals surface area contributed by atoms with E-state index in [-0.39, 0.29) is 23.4 Å². The van der Waals surface area contributed by atoms with E-state index < -0.39 is 5.91 Å². The number of carbonyl (C=O) groups excluding carboxylic acids is 3. The van der Waals surface area contributed by atoms with E-state index in [0.29, 0.717) is 35.7 Å². The lowest BCUT2D eigenvalue weighted by atomic mass is 10.1. The molecule has 1 heterocycles. The predicted molar refractivity (Wildman–Crippen MR) is 111 cm³/mol. The lowest BCUT2D eigenvalue weighted by Crippen LogP contribution is -2.32. The Bertz CT molecular complexity index is 955. The molecule has 150 valence electrons. The van der Waals surface area contributed by atoms with E-state index in [4.69, 9.17) is 16.3 Å². The van der Waals surface area contributed by atoms with E-state index >= 15 is 0 Å². The first-order chi connectivity index (χ1) is 13.9. The quantitative estimate of drug-likeness (QED) is 0.683. The fourth-order valence-corrected chi connectivity index (χ4v) is 3.25. The molecule has 0 spiro atoms. The first-order valence-electron chi connectivity index (χ1n) is 8.89. The van der Waals surface area contributed by atoms with Crippen LogP contribution in [-0.2, 0) is 9.53 Å². The van der Waals surface area contributed by atoms with E-state index in [1.54, 1.807) is 31.4 Å². The highest BCUT2D eigenvalue weighted by Crippen LogP contribution is 2.31. The third-order valence-corrected chi connectivity index (χ3v) is 4.74. The van der Waals surface area contributed by atoms with Crippen molar-refractivity contribution in [3.8, 4) is 0 Å². The molecular formula is C21H20ClN3O4. The topological polar surface area (TPSA) is 87.7 Å². The Labute approximate surface area is 173 Å². The predicted octanol–water partition coefficient (Wildman–Crippen LogP) is 2.78. The number of rotatable bonds is 7. The normalized spacial score (nSPS) is 12.7. The molecule has 3 amide bonds. The summed E-state index contributed by atoms with van der Waals surface area (Å²) in [5.74, 6) is -0.996. The lowest BCUT2D eigenvalue weighted by molar-refractivity contribution is -0.116. The Morgan fingerprint density at radius 3 is 2.55 bits per heavy atom. The summed E-state index contributed by atoms with van der Waals surface area (Å²) in [6.07, 6.45) is 0. The van der Waals surface area contributed by atoms with Crippen molar-refractivity contribution in [2.24, 2.45) is 0 Å². The lowest BCUT2D eigenvalue weighted by Gasteiger charge is -2.17.